The Kier molecular flexibility index (Phi) is 5.30. The number of aliphatic hydroxyl groups is 1. The Hall–Kier alpha value is -0.0800. The first-order valence-corrected chi connectivity index (χ1v) is 9.95. The molecule has 1 saturated carbocycles. The normalized spacial score (nSPS) is 24.5. The Morgan fingerprint density at radius 3 is 2.84 bits per heavy atom. The molecule has 108 valence electrons. The van der Waals surface area contributed by atoms with Crippen molar-refractivity contribution in [2.75, 3.05) is 6.26 Å². The standard InChI is InChI=1S/C12H19NO3S3/c1-17-11-5-3-2-4-10(11)13-19(15,16)12-6-9(7-14)8-18-12/h6,8,10-11,13-14H,2-5,7H2,1H3. The SMILES string of the molecule is CSC1CCCCC1NS(=O)(=O)c1cc(CO)cs1. The molecule has 2 N–H and O–H groups in total. The molecule has 4 nitrogen and oxygen atoms in total. The number of thiophene rings is 1. The first-order chi connectivity index (χ1) is 9.06. The molecule has 0 saturated heterocycles. The summed E-state index contributed by atoms with van der Waals surface area (Å²) < 4.78 is 27.7. The summed E-state index contributed by atoms with van der Waals surface area (Å²) in [7, 11) is -3.45. The molecule has 1 aromatic rings. The van der Waals surface area contributed by atoms with Gasteiger partial charge in [-0.2, -0.15) is 11.8 Å². The topological polar surface area (TPSA) is 66.4 Å². The van der Waals surface area contributed by atoms with Crippen LogP contribution in [0, 0.1) is 0 Å². The first-order valence-electron chi connectivity index (χ1n) is 6.30. The fraction of sp³-hybridized carbons (Fsp3) is 0.667. The largest absolute Gasteiger partial charge is 0.392 e. The molecule has 0 aromatic carbocycles. The quantitative estimate of drug-likeness (QED) is 0.872. The van der Waals surface area contributed by atoms with Crippen LogP contribution in [0.5, 0.6) is 0 Å². The average Bonchev–Trinajstić information content (AvgIpc) is 2.88. The van der Waals surface area contributed by atoms with E-state index in [9.17, 15) is 8.42 Å². The first kappa shape index (κ1) is 15.3. The van der Waals surface area contributed by atoms with Crippen LogP contribution in [-0.2, 0) is 16.6 Å². The smallest absolute Gasteiger partial charge is 0.250 e. The van der Waals surface area contributed by atoms with E-state index >= 15 is 0 Å². The van der Waals surface area contributed by atoms with Crippen LogP contribution < -0.4 is 4.72 Å². The Bertz CT molecular complexity index is 512. The van der Waals surface area contributed by atoms with Gasteiger partial charge in [0.1, 0.15) is 4.21 Å². The molecule has 2 rings (SSSR count). The summed E-state index contributed by atoms with van der Waals surface area (Å²) in [6, 6.07) is 1.57. The molecule has 19 heavy (non-hydrogen) atoms. The van der Waals surface area contributed by atoms with Crippen LogP contribution >= 0.6 is 23.1 Å². The molecule has 0 bridgehead atoms. The zero-order valence-corrected chi connectivity index (χ0v) is 13.3. The summed E-state index contributed by atoms with van der Waals surface area (Å²) in [4.78, 5) is 0. The predicted octanol–water partition coefficient (Wildman–Crippen LogP) is 2.19. The highest BCUT2D eigenvalue weighted by atomic mass is 32.2. The average molecular weight is 321 g/mol. The van der Waals surface area contributed by atoms with Gasteiger partial charge >= 0.3 is 0 Å². The van der Waals surface area contributed by atoms with Crippen molar-refractivity contribution in [1.82, 2.24) is 4.72 Å². The van der Waals surface area contributed by atoms with E-state index in [-0.39, 0.29) is 12.6 Å². The van der Waals surface area contributed by atoms with E-state index in [2.05, 4.69) is 4.72 Å². The summed E-state index contributed by atoms with van der Waals surface area (Å²) in [5, 5.41) is 11.1. The van der Waals surface area contributed by atoms with Crippen LogP contribution in [-0.4, -0.2) is 31.1 Å². The number of sulfonamides is 1. The van der Waals surface area contributed by atoms with Gasteiger partial charge in [0, 0.05) is 11.3 Å². The number of hydrogen-bond donors (Lipinski definition) is 2. The molecule has 1 fully saturated rings. The van der Waals surface area contributed by atoms with Crippen molar-refractivity contribution < 1.29 is 13.5 Å². The van der Waals surface area contributed by atoms with E-state index in [1.165, 1.54) is 6.42 Å². The lowest BCUT2D eigenvalue weighted by Gasteiger charge is -2.30. The Morgan fingerprint density at radius 1 is 1.47 bits per heavy atom. The molecule has 1 aliphatic rings. The lowest BCUT2D eigenvalue weighted by atomic mass is 9.96. The van der Waals surface area contributed by atoms with Crippen LogP contribution in [0.15, 0.2) is 15.7 Å². The maximum absolute atomic E-state index is 12.3. The molecule has 2 unspecified atom stereocenters. The van der Waals surface area contributed by atoms with Crippen LogP contribution in [0.25, 0.3) is 0 Å². The summed E-state index contributed by atoms with van der Waals surface area (Å²) in [5.74, 6) is 0. The summed E-state index contributed by atoms with van der Waals surface area (Å²) >= 11 is 2.90. The summed E-state index contributed by atoms with van der Waals surface area (Å²) in [6.07, 6.45) is 6.27. The highest BCUT2D eigenvalue weighted by molar-refractivity contribution is 7.99. The van der Waals surface area contributed by atoms with Gasteiger partial charge in [0.2, 0.25) is 10.0 Å². The molecule has 0 radical (unpaired) electrons. The lowest BCUT2D eigenvalue weighted by molar-refractivity contribution is 0.282. The third-order valence-electron chi connectivity index (χ3n) is 3.39. The van der Waals surface area contributed by atoms with Gasteiger partial charge in [-0.1, -0.05) is 12.8 Å². The van der Waals surface area contributed by atoms with Crippen molar-refractivity contribution in [1.29, 1.82) is 0 Å². The van der Waals surface area contributed by atoms with Gasteiger partial charge in [-0.15, -0.1) is 11.3 Å². The number of aliphatic hydroxyl groups excluding tert-OH is 1. The van der Waals surface area contributed by atoms with Gasteiger partial charge in [-0.05, 0) is 36.1 Å². The maximum Gasteiger partial charge on any atom is 0.250 e. The lowest BCUT2D eigenvalue weighted by Crippen LogP contribution is -2.43. The van der Waals surface area contributed by atoms with Gasteiger partial charge in [0.15, 0.2) is 0 Å². The molecule has 0 amide bonds. The minimum absolute atomic E-state index is 0.0217. The van der Waals surface area contributed by atoms with Crippen LogP contribution in [0.1, 0.15) is 31.2 Å². The van der Waals surface area contributed by atoms with Crippen LogP contribution in [0.3, 0.4) is 0 Å². The molecule has 0 aliphatic heterocycles. The summed E-state index contributed by atoms with van der Waals surface area (Å²) in [5.41, 5.74) is 0.649. The Balaban J connectivity index is 2.11. The highest BCUT2D eigenvalue weighted by Crippen LogP contribution is 2.29. The van der Waals surface area contributed by atoms with Crippen molar-refractivity contribution in [2.45, 2.75) is 47.8 Å². The van der Waals surface area contributed by atoms with Crippen LogP contribution in [0.2, 0.25) is 0 Å². The van der Waals surface area contributed by atoms with Gasteiger partial charge < -0.3 is 5.11 Å². The number of nitrogens with one attached hydrogen (secondary N) is 1. The second kappa shape index (κ2) is 6.58. The Morgan fingerprint density at radius 2 is 2.21 bits per heavy atom. The second-order valence-corrected chi connectivity index (χ2v) is 8.65. The second-order valence-electron chi connectivity index (χ2n) is 4.72. The van der Waals surface area contributed by atoms with E-state index in [0.29, 0.717) is 15.0 Å². The molecule has 2 atom stereocenters. The van der Waals surface area contributed by atoms with Crippen molar-refractivity contribution in [3.05, 3.63) is 17.0 Å². The fourth-order valence-corrected chi connectivity index (χ4v) is 5.90. The van der Waals surface area contributed by atoms with E-state index in [0.717, 1.165) is 30.6 Å². The predicted molar refractivity (Wildman–Crippen MR) is 80.1 cm³/mol. The van der Waals surface area contributed by atoms with Crippen molar-refractivity contribution >= 4 is 33.1 Å². The zero-order chi connectivity index (χ0) is 13.9. The molecular formula is C12H19NO3S3. The highest BCUT2D eigenvalue weighted by Gasteiger charge is 2.29. The van der Waals surface area contributed by atoms with Gasteiger partial charge in [-0.25, -0.2) is 13.1 Å². The minimum atomic E-state index is -3.45. The molecule has 1 heterocycles. The molecular weight excluding hydrogens is 302 g/mol. The Labute approximate surface area is 122 Å². The van der Waals surface area contributed by atoms with Crippen LogP contribution in [0.4, 0.5) is 0 Å². The third-order valence-corrected chi connectivity index (χ3v) is 7.54. The van der Waals surface area contributed by atoms with E-state index in [4.69, 9.17) is 5.11 Å². The van der Waals surface area contributed by atoms with E-state index in [1.807, 2.05) is 6.26 Å². The molecule has 0 spiro atoms. The van der Waals surface area contributed by atoms with Crippen molar-refractivity contribution in [3.63, 3.8) is 0 Å². The van der Waals surface area contributed by atoms with Gasteiger partial charge in [0.05, 0.1) is 6.61 Å². The summed E-state index contributed by atoms with van der Waals surface area (Å²) in [6.45, 7) is -0.122. The van der Waals surface area contributed by atoms with E-state index in [1.54, 1.807) is 23.2 Å². The monoisotopic (exact) mass is 321 g/mol. The van der Waals surface area contributed by atoms with Gasteiger partial charge in [-0.3, -0.25) is 0 Å². The number of rotatable bonds is 5. The van der Waals surface area contributed by atoms with Crippen molar-refractivity contribution in [2.24, 2.45) is 0 Å². The maximum atomic E-state index is 12.3. The number of hydrogen-bond acceptors (Lipinski definition) is 5. The molecule has 7 heteroatoms. The third kappa shape index (κ3) is 3.72. The van der Waals surface area contributed by atoms with Gasteiger partial charge in [0.25, 0.3) is 0 Å². The van der Waals surface area contributed by atoms with E-state index < -0.39 is 10.0 Å². The zero-order valence-electron chi connectivity index (χ0n) is 10.8. The van der Waals surface area contributed by atoms with Crippen molar-refractivity contribution in [3.8, 4) is 0 Å². The minimum Gasteiger partial charge on any atom is -0.392 e. The molecule has 1 aromatic heterocycles. The fourth-order valence-electron chi connectivity index (χ4n) is 2.35. The molecule has 1 aliphatic carbocycles. The number of thioether (sulfide) groups is 1.